The van der Waals surface area contributed by atoms with Gasteiger partial charge < -0.3 is 10.0 Å². The van der Waals surface area contributed by atoms with Gasteiger partial charge in [0.1, 0.15) is 6.04 Å². The van der Waals surface area contributed by atoms with Crippen LogP contribution >= 0.6 is 0 Å². The second-order valence-corrected chi connectivity index (χ2v) is 3.20. The number of benzene rings is 1. The van der Waals surface area contributed by atoms with Gasteiger partial charge in [-0.2, -0.15) is 0 Å². The molecule has 0 aromatic heterocycles. The van der Waals surface area contributed by atoms with E-state index in [1.165, 1.54) is 4.90 Å². The quantitative estimate of drug-likeness (QED) is 0.698. The molecule has 1 atom stereocenters. The predicted octanol–water partition coefficient (Wildman–Crippen LogP) is 0.659. The molecule has 0 aliphatic carbocycles. The Morgan fingerprint density at radius 2 is 2.21 bits per heavy atom. The fourth-order valence-corrected chi connectivity index (χ4v) is 1.75. The molecule has 1 unspecified atom stereocenters. The maximum absolute atomic E-state index is 10.8. The highest BCUT2D eigenvalue weighted by atomic mass is 16.4. The first-order valence-electron chi connectivity index (χ1n) is 4.28. The summed E-state index contributed by atoms with van der Waals surface area (Å²) in [5.41, 5.74) is 1.61. The fourth-order valence-electron chi connectivity index (χ4n) is 1.75. The van der Waals surface area contributed by atoms with Crippen molar-refractivity contribution in [1.29, 1.82) is 0 Å². The molecular weight excluding hydrogens is 182 g/mol. The Balaban J connectivity index is 2.43. The number of hydrogen-bond donors (Lipinski definition) is 1. The minimum absolute atomic E-state index is 0.393. The Morgan fingerprint density at radius 3 is 2.86 bits per heavy atom. The van der Waals surface area contributed by atoms with E-state index in [1.807, 2.05) is 12.1 Å². The number of amides is 1. The Kier molecular flexibility index (Phi) is 1.96. The third-order valence-electron chi connectivity index (χ3n) is 2.42. The van der Waals surface area contributed by atoms with Crippen molar-refractivity contribution >= 4 is 18.1 Å². The summed E-state index contributed by atoms with van der Waals surface area (Å²) in [6, 6.07) is 6.48. The van der Waals surface area contributed by atoms with E-state index < -0.39 is 12.0 Å². The van der Waals surface area contributed by atoms with Crippen molar-refractivity contribution in [3.8, 4) is 0 Å². The number of fused-ring (bicyclic) bond motifs is 1. The van der Waals surface area contributed by atoms with Gasteiger partial charge in [-0.3, -0.25) is 4.79 Å². The zero-order valence-electron chi connectivity index (χ0n) is 7.38. The number of rotatable bonds is 2. The van der Waals surface area contributed by atoms with Crippen molar-refractivity contribution in [2.75, 3.05) is 4.90 Å². The van der Waals surface area contributed by atoms with Gasteiger partial charge in [0.2, 0.25) is 6.41 Å². The molecule has 2 rings (SSSR count). The lowest BCUT2D eigenvalue weighted by Gasteiger charge is -2.16. The molecule has 72 valence electrons. The number of nitrogens with zero attached hydrogens (tertiary/aromatic N) is 1. The lowest BCUT2D eigenvalue weighted by atomic mass is 10.1. The molecule has 0 spiro atoms. The monoisotopic (exact) mass is 191 g/mol. The van der Waals surface area contributed by atoms with Crippen LogP contribution in [0.2, 0.25) is 0 Å². The van der Waals surface area contributed by atoms with Gasteiger partial charge in [-0.05, 0) is 11.6 Å². The van der Waals surface area contributed by atoms with Crippen LogP contribution in [0, 0.1) is 0 Å². The SMILES string of the molecule is O=CN1c2ccccc2CC1C(=O)O. The standard InChI is InChI=1S/C10H9NO3/c12-6-11-8-4-2-1-3-7(8)5-9(11)10(13)14/h1-4,6,9H,5H2,(H,13,14). The van der Waals surface area contributed by atoms with Crippen molar-refractivity contribution in [3.05, 3.63) is 29.8 Å². The molecule has 1 aliphatic rings. The van der Waals surface area contributed by atoms with E-state index in [0.29, 0.717) is 18.5 Å². The van der Waals surface area contributed by atoms with Crippen molar-refractivity contribution in [2.24, 2.45) is 0 Å². The van der Waals surface area contributed by atoms with Gasteiger partial charge >= 0.3 is 5.97 Å². The zero-order chi connectivity index (χ0) is 10.1. The normalized spacial score (nSPS) is 19.1. The molecule has 1 amide bonds. The van der Waals surface area contributed by atoms with Crippen LogP contribution in [-0.4, -0.2) is 23.5 Å². The van der Waals surface area contributed by atoms with Crippen LogP contribution in [0.15, 0.2) is 24.3 Å². The minimum atomic E-state index is -0.965. The van der Waals surface area contributed by atoms with E-state index in [2.05, 4.69) is 0 Å². The molecule has 1 N–H and O–H groups in total. The second-order valence-electron chi connectivity index (χ2n) is 3.20. The molecule has 14 heavy (non-hydrogen) atoms. The molecule has 1 aromatic carbocycles. The highest BCUT2D eigenvalue weighted by Gasteiger charge is 2.33. The van der Waals surface area contributed by atoms with Gasteiger partial charge in [0, 0.05) is 12.1 Å². The summed E-state index contributed by atoms with van der Waals surface area (Å²) in [7, 11) is 0. The van der Waals surface area contributed by atoms with Gasteiger partial charge in [-0.15, -0.1) is 0 Å². The number of carbonyl (C=O) groups excluding carboxylic acids is 1. The molecule has 1 heterocycles. The summed E-state index contributed by atoms with van der Waals surface area (Å²) >= 11 is 0. The maximum atomic E-state index is 10.8. The summed E-state index contributed by atoms with van der Waals surface area (Å²) in [6.45, 7) is 0. The summed E-state index contributed by atoms with van der Waals surface area (Å²) in [5.74, 6) is -0.965. The summed E-state index contributed by atoms with van der Waals surface area (Å²) < 4.78 is 0. The molecular formula is C10H9NO3. The van der Waals surface area contributed by atoms with Crippen LogP contribution in [0.25, 0.3) is 0 Å². The van der Waals surface area contributed by atoms with Crippen LogP contribution in [0.3, 0.4) is 0 Å². The van der Waals surface area contributed by atoms with E-state index >= 15 is 0 Å². The number of para-hydroxylation sites is 1. The summed E-state index contributed by atoms with van der Waals surface area (Å²) in [6.07, 6.45) is 0.967. The van der Waals surface area contributed by atoms with Gasteiger partial charge in [0.25, 0.3) is 0 Å². The van der Waals surface area contributed by atoms with Crippen LogP contribution in [0.4, 0.5) is 5.69 Å². The van der Waals surface area contributed by atoms with E-state index in [4.69, 9.17) is 5.11 Å². The number of carboxylic acids is 1. The average Bonchev–Trinajstić information content (AvgIpc) is 2.56. The lowest BCUT2D eigenvalue weighted by Crippen LogP contribution is -2.37. The Hall–Kier alpha value is -1.84. The fraction of sp³-hybridized carbons (Fsp3) is 0.200. The van der Waals surface area contributed by atoms with E-state index in [9.17, 15) is 9.59 Å². The number of carboxylic acid groups (broad SMARTS) is 1. The summed E-state index contributed by atoms with van der Waals surface area (Å²) in [4.78, 5) is 22.8. The van der Waals surface area contributed by atoms with Crippen LogP contribution < -0.4 is 4.90 Å². The highest BCUT2D eigenvalue weighted by molar-refractivity contribution is 5.92. The molecule has 4 heteroatoms. The first-order valence-corrected chi connectivity index (χ1v) is 4.28. The first-order chi connectivity index (χ1) is 6.74. The van der Waals surface area contributed by atoms with Crippen molar-refractivity contribution in [3.63, 3.8) is 0 Å². The average molecular weight is 191 g/mol. The maximum Gasteiger partial charge on any atom is 0.327 e. The molecule has 4 nitrogen and oxygen atoms in total. The first kappa shape index (κ1) is 8.74. The zero-order valence-corrected chi connectivity index (χ0v) is 7.38. The van der Waals surface area contributed by atoms with Gasteiger partial charge in [-0.25, -0.2) is 4.79 Å². The number of carbonyl (C=O) groups is 2. The molecule has 0 fully saturated rings. The third-order valence-corrected chi connectivity index (χ3v) is 2.42. The second kappa shape index (κ2) is 3.14. The molecule has 0 saturated heterocycles. The smallest absolute Gasteiger partial charge is 0.327 e. The molecule has 0 radical (unpaired) electrons. The van der Waals surface area contributed by atoms with Crippen LogP contribution in [0.5, 0.6) is 0 Å². The minimum Gasteiger partial charge on any atom is -0.480 e. The number of hydrogen-bond acceptors (Lipinski definition) is 2. The predicted molar refractivity (Wildman–Crippen MR) is 50.1 cm³/mol. The highest BCUT2D eigenvalue weighted by Crippen LogP contribution is 2.30. The van der Waals surface area contributed by atoms with Gasteiger partial charge in [-0.1, -0.05) is 18.2 Å². The van der Waals surface area contributed by atoms with Crippen LogP contribution in [0.1, 0.15) is 5.56 Å². The molecule has 1 aromatic rings. The third kappa shape index (κ3) is 1.16. The summed E-state index contributed by atoms with van der Waals surface area (Å²) in [5, 5.41) is 8.89. The number of anilines is 1. The largest absolute Gasteiger partial charge is 0.480 e. The topological polar surface area (TPSA) is 57.6 Å². The Labute approximate surface area is 80.8 Å². The number of aliphatic carboxylic acids is 1. The molecule has 0 saturated carbocycles. The van der Waals surface area contributed by atoms with E-state index in [1.54, 1.807) is 12.1 Å². The van der Waals surface area contributed by atoms with E-state index in [0.717, 1.165) is 5.56 Å². The van der Waals surface area contributed by atoms with E-state index in [-0.39, 0.29) is 0 Å². The lowest BCUT2D eigenvalue weighted by molar-refractivity contribution is -0.139. The molecule has 1 aliphatic heterocycles. The van der Waals surface area contributed by atoms with Crippen molar-refractivity contribution in [2.45, 2.75) is 12.5 Å². The Bertz CT molecular complexity index is 389. The van der Waals surface area contributed by atoms with Gasteiger partial charge in [0.15, 0.2) is 0 Å². The van der Waals surface area contributed by atoms with Crippen LogP contribution in [-0.2, 0) is 16.0 Å². The van der Waals surface area contributed by atoms with Gasteiger partial charge in [0.05, 0.1) is 0 Å². The Morgan fingerprint density at radius 1 is 1.50 bits per heavy atom. The van der Waals surface area contributed by atoms with Crippen molar-refractivity contribution < 1.29 is 14.7 Å². The van der Waals surface area contributed by atoms with Crippen molar-refractivity contribution in [1.82, 2.24) is 0 Å². The molecule has 0 bridgehead atoms.